The van der Waals surface area contributed by atoms with Gasteiger partial charge in [0.25, 0.3) is 5.22 Å². The predicted octanol–water partition coefficient (Wildman–Crippen LogP) is 3.06. The van der Waals surface area contributed by atoms with Crippen LogP contribution in [0.3, 0.4) is 0 Å². The minimum atomic E-state index is -0.949. The highest BCUT2D eigenvalue weighted by Gasteiger charge is 2.00. The van der Waals surface area contributed by atoms with E-state index in [0.29, 0.717) is 5.22 Å². The van der Waals surface area contributed by atoms with Crippen molar-refractivity contribution >= 4 is 23.8 Å². The lowest BCUT2D eigenvalue weighted by Crippen LogP contribution is -1.86. The molecule has 1 aromatic carbocycles. The Morgan fingerprint density at radius 3 is 3.11 bits per heavy atom. The van der Waals surface area contributed by atoms with E-state index in [1.807, 2.05) is 24.3 Å². The largest absolute Gasteiger partial charge is 0.478 e. The molecule has 0 fully saturated rings. The Labute approximate surface area is 108 Å². The number of oxazole rings is 1. The van der Waals surface area contributed by atoms with Crippen LogP contribution in [0.5, 0.6) is 0 Å². The number of aliphatic carboxylic acids is 1. The highest BCUT2D eigenvalue weighted by atomic mass is 32.2. The van der Waals surface area contributed by atoms with Crippen LogP contribution in [0.2, 0.25) is 0 Å². The number of carboxylic acids is 1. The molecular weight excluding hydrogens is 250 g/mol. The van der Waals surface area contributed by atoms with Crippen LogP contribution >= 0.6 is 11.8 Å². The summed E-state index contributed by atoms with van der Waals surface area (Å²) in [5.41, 5.74) is 1.95. The van der Waals surface area contributed by atoms with Crippen LogP contribution in [0.4, 0.5) is 0 Å². The summed E-state index contributed by atoms with van der Waals surface area (Å²) in [4.78, 5) is 14.4. The average molecular weight is 261 g/mol. The molecule has 1 aromatic heterocycles. The molecule has 0 saturated carbocycles. The topological polar surface area (TPSA) is 63.3 Å². The number of rotatable bonds is 5. The first-order chi connectivity index (χ1) is 8.74. The molecule has 0 spiro atoms. The van der Waals surface area contributed by atoms with Gasteiger partial charge in [0.2, 0.25) is 0 Å². The summed E-state index contributed by atoms with van der Waals surface area (Å²) in [6.45, 7) is 0. The maximum atomic E-state index is 10.4. The summed E-state index contributed by atoms with van der Waals surface area (Å²) in [6, 6.07) is 7.68. The van der Waals surface area contributed by atoms with Gasteiger partial charge >= 0.3 is 5.97 Å². The third-order valence-corrected chi connectivity index (χ3v) is 3.07. The standard InChI is InChI=1S/C13H11NO3S/c15-12(16)5-4-10-2-1-3-11(8-10)9-18-13-14-6-7-17-13/h1-8H,9H2,(H,15,16)/b5-4+. The van der Waals surface area contributed by atoms with Gasteiger partial charge in [0.1, 0.15) is 6.26 Å². The first kappa shape index (κ1) is 12.4. The fourth-order valence-corrected chi connectivity index (χ4v) is 2.11. The van der Waals surface area contributed by atoms with Crippen LogP contribution in [-0.2, 0) is 10.5 Å². The Balaban J connectivity index is 2.01. The van der Waals surface area contributed by atoms with Crippen LogP contribution in [0, 0.1) is 0 Å². The van der Waals surface area contributed by atoms with E-state index in [4.69, 9.17) is 9.52 Å². The normalized spacial score (nSPS) is 10.9. The van der Waals surface area contributed by atoms with Gasteiger partial charge in [0, 0.05) is 11.8 Å². The molecule has 0 unspecified atom stereocenters. The Morgan fingerprint density at radius 1 is 1.50 bits per heavy atom. The monoisotopic (exact) mass is 261 g/mol. The van der Waals surface area contributed by atoms with Crippen LogP contribution < -0.4 is 0 Å². The highest BCUT2D eigenvalue weighted by molar-refractivity contribution is 7.98. The summed E-state index contributed by atoms with van der Waals surface area (Å²) in [7, 11) is 0. The van der Waals surface area contributed by atoms with Crippen LogP contribution in [0.1, 0.15) is 11.1 Å². The summed E-state index contributed by atoms with van der Waals surface area (Å²) >= 11 is 1.50. The van der Waals surface area contributed by atoms with Crippen LogP contribution in [-0.4, -0.2) is 16.1 Å². The van der Waals surface area contributed by atoms with Crippen molar-refractivity contribution in [3.05, 3.63) is 53.9 Å². The van der Waals surface area contributed by atoms with Crippen molar-refractivity contribution in [1.82, 2.24) is 4.98 Å². The number of benzene rings is 1. The van der Waals surface area contributed by atoms with Gasteiger partial charge in [-0.15, -0.1) is 0 Å². The minimum Gasteiger partial charge on any atom is -0.478 e. The van der Waals surface area contributed by atoms with E-state index in [0.717, 1.165) is 23.0 Å². The zero-order valence-corrected chi connectivity index (χ0v) is 10.3. The van der Waals surface area contributed by atoms with Gasteiger partial charge in [-0.25, -0.2) is 9.78 Å². The number of aromatic nitrogens is 1. The van der Waals surface area contributed by atoms with Crippen molar-refractivity contribution in [3.63, 3.8) is 0 Å². The maximum Gasteiger partial charge on any atom is 0.328 e. The molecule has 2 rings (SSSR count). The highest BCUT2D eigenvalue weighted by Crippen LogP contribution is 2.21. The number of nitrogens with zero attached hydrogens (tertiary/aromatic N) is 1. The Morgan fingerprint density at radius 2 is 2.39 bits per heavy atom. The molecule has 0 aliphatic heterocycles. The Bertz CT molecular complexity index is 549. The third-order valence-electron chi connectivity index (χ3n) is 2.14. The van der Waals surface area contributed by atoms with Crippen molar-refractivity contribution in [2.45, 2.75) is 11.0 Å². The van der Waals surface area contributed by atoms with E-state index in [2.05, 4.69) is 4.98 Å². The van der Waals surface area contributed by atoms with Gasteiger partial charge in [-0.05, 0) is 17.2 Å². The number of carbonyl (C=O) groups is 1. The second-order valence-corrected chi connectivity index (χ2v) is 4.43. The smallest absolute Gasteiger partial charge is 0.328 e. The second-order valence-electron chi connectivity index (χ2n) is 3.50. The molecule has 0 aliphatic rings. The van der Waals surface area contributed by atoms with Gasteiger partial charge in [-0.2, -0.15) is 0 Å². The number of thioether (sulfide) groups is 1. The summed E-state index contributed by atoms with van der Waals surface area (Å²) in [6.07, 6.45) is 5.84. The van der Waals surface area contributed by atoms with Crippen molar-refractivity contribution in [2.24, 2.45) is 0 Å². The summed E-state index contributed by atoms with van der Waals surface area (Å²) in [5.74, 6) is -0.218. The molecule has 0 atom stereocenters. The van der Waals surface area contributed by atoms with Crippen molar-refractivity contribution < 1.29 is 14.3 Å². The van der Waals surface area contributed by atoms with Gasteiger partial charge in [0.05, 0.1) is 6.20 Å². The molecule has 18 heavy (non-hydrogen) atoms. The van der Waals surface area contributed by atoms with Gasteiger partial charge in [-0.3, -0.25) is 0 Å². The fraction of sp³-hybridized carbons (Fsp3) is 0.0769. The molecule has 1 N–H and O–H groups in total. The van der Waals surface area contributed by atoms with Gasteiger partial charge in [-0.1, -0.05) is 36.0 Å². The van der Waals surface area contributed by atoms with E-state index in [-0.39, 0.29) is 0 Å². The van der Waals surface area contributed by atoms with E-state index in [1.165, 1.54) is 18.0 Å². The lowest BCUT2D eigenvalue weighted by molar-refractivity contribution is -0.131. The predicted molar refractivity (Wildman–Crippen MR) is 69.2 cm³/mol. The Kier molecular flexibility index (Phi) is 4.20. The molecular formula is C13H11NO3S. The van der Waals surface area contributed by atoms with Gasteiger partial charge < -0.3 is 9.52 Å². The summed E-state index contributed by atoms with van der Waals surface area (Å²) in [5, 5.41) is 9.19. The van der Waals surface area contributed by atoms with E-state index in [9.17, 15) is 4.79 Å². The van der Waals surface area contributed by atoms with Gasteiger partial charge in [0.15, 0.2) is 0 Å². The number of hydrogen-bond acceptors (Lipinski definition) is 4. The molecule has 1 heterocycles. The van der Waals surface area contributed by atoms with Crippen molar-refractivity contribution in [3.8, 4) is 0 Å². The first-order valence-electron chi connectivity index (χ1n) is 5.26. The van der Waals surface area contributed by atoms with Crippen molar-refractivity contribution in [2.75, 3.05) is 0 Å². The van der Waals surface area contributed by atoms with E-state index in [1.54, 1.807) is 12.3 Å². The number of hydrogen-bond donors (Lipinski definition) is 1. The molecule has 0 radical (unpaired) electrons. The maximum absolute atomic E-state index is 10.4. The molecule has 5 heteroatoms. The van der Waals surface area contributed by atoms with Crippen LogP contribution in [0.15, 0.2) is 52.4 Å². The molecule has 92 valence electrons. The SMILES string of the molecule is O=C(O)/C=C/c1cccc(CSc2ncco2)c1. The lowest BCUT2D eigenvalue weighted by Gasteiger charge is -2.00. The van der Waals surface area contributed by atoms with E-state index < -0.39 is 5.97 Å². The molecule has 0 aliphatic carbocycles. The molecule has 0 bridgehead atoms. The lowest BCUT2D eigenvalue weighted by atomic mass is 10.1. The molecule has 0 amide bonds. The third kappa shape index (κ3) is 3.78. The second kappa shape index (κ2) is 6.07. The zero-order valence-electron chi connectivity index (χ0n) is 9.45. The average Bonchev–Trinajstić information content (AvgIpc) is 2.87. The van der Waals surface area contributed by atoms with E-state index >= 15 is 0 Å². The fourth-order valence-electron chi connectivity index (χ4n) is 1.38. The minimum absolute atomic E-state index is 0.626. The molecule has 2 aromatic rings. The molecule has 0 saturated heterocycles. The number of carboxylic acid groups (broad SMARTS) is 1. The van der Waals surface area contributed by atoms with Crippen LogP contribution in [0.25, 0.3) is 6.08 Å². The Hall–Kier alpha value is -2.01. The zero-order chi connectivity index (χ0) is 12.8. The summed E-state index contributed by atoms with van der Waals surface area (Å²) < 4.78 is 5.12. The first-order valence-corrected chi connectivity index (χ1v) is 6.25. The quantitative estimate of drug-likeness (QED) is 0.662. The van der Waals surface area contributed by atoms with Crippen molar-refractivity contribution in [1.29, 1.82) is 0 Å². The molecule has 4 nitrogen and oxygen atoms in total.